The maximum atomic E-state index is 6.16. The van der Waals surface area contributed by atoms with Gasteiger partial charge in [-0.05, 0) is 32.1 Å². The number of nitrogen functional groups attached to an aromatic ring is 1. The van der Waals surface area contributed by atoms with Gasteiger partial charge in [-0.15, -0.1) is 0 Å². The number of ether oxygens (including phenoxy) is 2. The molecule has 3 rings (SSSR count). The fourth-order valence-electron chi connectivity index (χ4n) is 3.64. The van der Waals surface area contributed by atoms with Gasteiger partial charge < -0.3 is 15.2 Å². The Bertz CT molecular complexity index is 516. The summed E-state index contributed by atoms with van der Waals surface area (Å²) >= 11 is 0. The summed E-state index contributed by atoms with van der Waals surface area (Å²) in [6.07, 6.45) is 5.19. The van der Waals surface area contributed by atoms with Gasteiger partial charge in [0, 0.05) is 18.6 Å². The molecule has 0 aromatic carbocycles. The first-order valence-corrected chi connectivity index (χ1v) is 8.02. The number of hydrogen-bond donors (Lipinski definition) is 1. The molecule has 0 saturated heterocycles. The standard InChI is InChI=1S/C16H25N3O2/c1-3-21-16(7-4-5-11(2)9-16)15-18-13-6-8-20-10-12(13)14(17)19-15/h11H,3-10H2,1-2H3,(H2,17,18,19). The number of anilines is 1. The third-order valence-corrected chi connectivity index (χ3v) is 4.64. The monoisotopic (exact) mass is 291 g/mol. The molecule has 2 aliphatic rings. The van der Waals surface area contributed by atoms with E-state index in [9.17, 15) is 0 Å². The Morgan fingerprint density at radius 2 is 2.29 bits per heavy atom. The van der Waals surface area contributed by atoms with Gasteiger partial charge in [-0.2, -0.15) is 0 Å². The lowest BCUT2D eigenvalue weighted by molar-refractivity contribution is -0.0882. The molecule has 1 aliphatic carbocycles. The number of nitrogens with zero attached hydrogens (tertiary/aromatic N) is 2. The van der Waals surface area contributed by atoms with Crippen LogP contribution in [0.3, 0.4) is 0 Å². The molecule has 5 nitrogen and oxygen atoms in total. The molecule has 0 amide bonds. The van der Waals surface area contributed by atoms with E-state index in [-0.39, 0.29) is 5.60 Å². The highest BCUT2D eigenvalue weighted by Crippen LogP contribution is 2.42. The van der Waals surface area contributed by atoms with E-state index in [4.69, 9.17) is 20.2 Å². The number of fused-ring (bicyclic) bond motifs is 1. The van der Waals surface area contributed by atoms with Crippen molar-refractivity contribution in [3.05, 3.63) is 17.1 Å². The molecule has 0 spiro atoms. The summed E-state index contributed by atoms with van der Waals surface area (Å²) in [5, 5.41) is 0. The van der Waals surface area contributed by atoms with Crippen LogP contribution in [0.25, 0.3) is 0 Å². The lowest BCUT2D eigenvalue weighted by atomic mass is 9.78. The Labute approximate surface area is 126 Å². The molecule has 5 heteroatoms. The van der Waals surface area contributed by atoms with Crippen LogP contribution in [0.5, 0.6) is 0 Å². The highest BCUT2D eigenvalue weighted by Gasteiger charge is 2.40. The third kappa shape index (κ3) is 2.77. The summed E-state index contributed by atoms with van der Waals surface area (Å²) in [6.45, 7) is 6.23. The molecule has 0 bridgehead atoms. The topological polar surface area (TPSA) is 70.3 Å². The van der Waals surface area contributed by atoms with E-state index in [0.717, 1.165) is 42.8 Å². The average molecular weight is 291 g/mol. The Balaban J connectivity index is 2.01. The van der Waals surface area contributed by atoms with Gasteiger partial charge in [-0.25, -0.2) is 9.97 Å². The van der Waals surface area contributed by atoms with Gasteiger partial charge >= 0.3 is 0 Å². The molecule has 2 N–H and O–H groups in total. The Kier molecular flexibility index (Phi) is 4.13. The highest BCUT2D eigenvalue weighted by molar-refractivity contribution is 5.43. The van der Waals surface area contributed by atoms with Crippen molar-refractivity contribution in [2.24, 2.45) is 5.92 Å². The van der Waals surface area contributed by atoms with Crippen molar-refractivity contribution in [2.75, 3.05) is 18.9 Å². The van der Waals surface area contributed by atoms with Crippen LogP contribution in [-0.4, -0.2) is 23.2 Å². The van der Waals surface area contributed by atoms with E-state index in [1.54, 1.807) is 0 Å². The minimum absolute atomic E-state index is 0.353. The van der Waals surface area contributed by atoms with Gasteiger partial charge in [0.25, 0.3) is 0 Å². The third-order valence-electron chi connectivity index (χ3n) is 4.64. The van der Waals surface area contributed by atoms with Crippen LogP contribution in [-0.2, 0) is 28.1 Å². The molecule has 2 heterocycles. The fraction of sp³-hybridized carbons (Fsp3) is 0.750. The highest BCUT2D eigenvalue weighted by atomic mass is 16.5. The molecule has 0 radical (unpaired) electrons. The molecule has 116 valence electrons. The largest absolute Gasteiger partial charge is 0.383 e. The molecule has 1 aliphatic heterocycles. The second-order valence-electron chi connectivity index (χ2n) is 6.29. The van der Waals surface area contributed by atoms with Crippen molar-refractivity contribution in [3.8, 4) is 0 Å². The van der Waals surface area contributed by atoms with E-state index < -0.39 is 0 Å². The van der Waals surface area contributed by atoms with Crippen molar-refractivity contribution in [2.45, 2.75) is 58.2 Å². The van der Waals surface area contributed by atoms with Crippen LogP contribution >= 0.6 is 0 Å². The van der Waals surface area contributed by atoms with Crippen LogP contribution in [0, 0.1) is 5.92 Å². The van der Waals surface area contributed by atoms with Crippen LogP contribution in [0.4, 0.5) is 5.82 Å². The van der Waals surface area contributed by atoms with E-state index in [0.29, 0.717) is 31.6 Å². The zero-order chi connectivity index (χ0) is 14.9. The predicted molar refractivity (Wildman–Crippen MR) is 80.7 cm³/mol. The van der Waals surface area contributed by atoms with Crippen LogP contribution in [0.1, 0.15) is 56.6 Å². The summed E-state index contributed by atoms with van der Waals surface area (Å²) in [5.41, 5.74) is 7.80. The zero-order valence-corrected chi connectivity index (χ0v) is 13.0. The van der Waals surface area contributed by atoms with E-state index >= 15 is 0 Å². The predicted octanol–water partition coefficient (Wildman–Crippen LogP) is 2.57. The van der Waals surface area contributed by atoms with Crippen LogP contribution < -0.4 is 5.73 Å². The van der Waals surface area contributed by atoms with Gasteiger partial charge in [0.15, 0.2) is 5.82 Å². The SMILES string of the molecule is CCOC1(c2nc(N)c3c(n2)CCOC3)CCCC(C)C1. The molecule has 2 unspecified atom stereocenters. The maximum absolute atomic E-state index is 6.16. The van der Waals surface area contributed by atoms with E-state index in [1.807, 2.05) is 6.92 Å². The molecule has 1 fully saturated rings. The van der Waals surface area contributed by atoms with Crippen molar-refractivity contribution in [1.82, 2.24) is 9.97 Å². The molecule has 1 aromatic rings. The molecular weight excluding hydrogens is 266 g/mol. The van der Waals surface area contributed by atoms with E-state index in [1.165, 1.54) is 6.42 Å². The molecule has 1 saturated carbocycles. The normalized spacial score (nSPS) is 29.1. The lowest BCUT2D eigenvalue weighted by Crippen LogP contribution is -2.38. The van der Waals surface area contributed by atoms with Crippen molar-refractivity contribution < 1.29 is 9.47 Å². The Hall–Kier alpha value is -1.20. The minimum Gasteiger partial charge on any atom is -0.383 e. The lowest BCUT2D eigenvalue weighted by Gasteiger charge is -2.39. The quantitative estimate of drug-likeness (QED) is 0.927. The van der Waals surface area contributed by atoms with Crippen molar-refractivity contribution >= 4 is 5.82 Å². The van der Waals surface area contributed by atoms with Crippen molar-refractivity contribution in [3.63, 3.8) is 0 Å². The molecule has 21 heavy (non-hydrogen) atoms. The van der Waals surface area contributed by atoms with E-state index in [2.05, 4.69) is 11.9 Å². The summed E-state index contributed by atoms with van der Waals surface area (Å²) in [4.78, 5) is 9.42. The molecular formula is C16H25N3O2. The summed E-state index contributed by atoms with van der Waals surface area (Å²) in [6, 6.07) is 0. The van der Waals surface area contributed by atoms with Gasteiger partial charge in [0.1, 0.15) is 11.4 Å². The second kappa shape index (κ2) is 5.89. The number of rotatable bonds is 3. The summed E-state index contributed by atoms with van der Waals surface area (Å²) in [7, 11) is 0. The van der Waals surface area contributed by atoms with Gasteiger partial charge in [-0.1, -0.05) is 13.3 Å². The number of aromatic nitrogens is 2. The summed E-state index contributed by atoms with van der Waals surface area (Å²) < 4.78 is 11.6. The van der Waals surface area contributed by atoms with Gasteiger partial charge in [0.05, 0.1) is 18.9 Å². The van der Waals surface area contributed by atoms with Crippen LogP contribution in [0.15, 0.2) is 0 Å². The minimum atomic E-state index is -0.353. The maximum Gasteiger partial charge on any atom is 0.162 e. The summed E-state index contributed by atoms with van der Waals surface area (Å²) in [5.74, 6) is 1.98. The smallest absolute Gasteiger partial charge is 0.162 e. The average Bonchev–Trinajstić information content (AvgIpc) is 2.47. The first-order chi connectivity index (χ1) is 10.1. The Morgan fingerprint density at radius 3 is 3.05 bits per heavy atom. The van der Waals surface area contributed by atoms with Crippen molar-refractivity contribution in [1.29, 1.82) is 0 Å². The molecule has 2 atom stereocenters. The fourth-order valence-corrected chi connectivity index (χ4v) is 3.64. The van der Waals surface area contributed by atoms with Crippen LogP contribution in [0.2, 0.25) is 0 Å². The van der Waals surface area contributed by atoms with Gasteiger partial charge in [0.2, 0.25) is 0 Å². The zero-order valence-electron chi connectivity index (χ0n) is 13.0. The Morgan fingerprint density at radius 1 is 1.43 bits per heavy atom. The first kappa shape index (κ1) is 14.7. The van der Waals surface area contributed by atoms with Gasteiger partial charge in [-0.3, -0.25) is 0 Å². The molecule has 1 aromatic heterocycles. The first-order valence-electron chi connectivity index (χ1n) is 8.02. The number of hydrogen-bond acceptors (Lipinski definition) is 5. The number of nitrogens with two attached hydrogens (primary N) is 1. The second-order valence-corrected chi connectivity index (χ2v) is 6.29.